The van der Waals surface area contributed by atoms with Crippen LogP contribution in [0.5, 0.6) is 0 Å². The Labute approximate surface area is 631 Å². The zero-order valence-corrected chi connectivity index (χ0v) is 66.9. The second-order valence-corrected chi connectivity index (χ2v) is 29.5. The Balaban J connectivity index is 5.42. The van der Waals surface area contributed by atoms with E-state index in [1.807, 2.05) is 0 Å². The molecule has 0 aliphatic carbocycles. The summed E-state index contributed by atoms with van der Waals surface area (Å²) in [6, 6.07) is 0. The Morgan fingerprint density at radius 2 is 0.519 bits per heavy atom. The Morgan fingerprint density at radius 3 is 0.817 bits per heavy atom. The molecule has 0 aromatic carbocycles. The predicted octanol–water partition coefficient (Wildman–Crippen LogP) is 23.7. The van der Waals surface area contributed by atoms with Crippen molar-refractivity contribution in [3.8, 4) is 0 Å². The van der Waals surface area contributed by atoms with Gasteiger partial charge in [0.2, 0.25) is 0 Å². The van der Waals surface area contributed by atoms with E-state index in [9.17, 15) is 43.2 Å². The van der Waals surface area contributed by atoms with Gasteiger partial charge in [-0.05, 0) is 135 Å². The standard InChI is InChI=1S/C85H144O17P2/c1-5-9-13-17-21-25-29-33-36-38-39-41-43-47-50-54-58-62-66-70-83(88)96-76-81(102-85(90)72-68-64-60-56-52-48-44-40-37-34-30-26-22-18-14-10-6-2)78-100-104(93,94)98-74-79(86)73-97-103(91,92)99-77-80(101-84(89)71-67-63-59-55-51-45-32-28-24-20-16-12-8-4)75-95-82(87)69-65-61-57-53-49-46-42-35-31-27-23-19-15-11-7-3/h9-10,13-14,16,20-22,25-26,28,32-34,36-37,39,41,44,47-48,50,79-81,86H,5-8,11-12,15,17-19,23-24,27,29-31,35,38,40,42-43,45-46,49,51-78H2,1-4H3,(H,91,92)(H,93,94)/b13-9-,14-10-,20-16-,25-21-,26-22-,32-28-,36-33-,37-34-,41-39-,48-44-,50-47-. The zero-order chi connectivity index (χ0) is 76.0. The topological polar surface area (TPSA) is 237 Å². The summed E-state index contributed by atoms with van der Waals surface area (Å²) in [5, 5.41) is 10.6. The fraction of sp³-hybridized carbons (Fsp3) is 0.694. The van der Waals surface area contributed by atoms with Crippen molar-refractivity contribution in [3.63, 3.8) is 0 Å². The number of aliphatic hydroxyl groups is 1. The highest BCUT2D eigenvalue weighted by Crippen LogP contribution is 2.45. The summed E-state index contributed by atoms with van der Waals surface area (Å²) in [5.41, 5.74) is 0. The number of hydrogen-bond acceptors (Lipinski definition) is 15. The summed E-state index contributed by atoms with van der Waals surface area (Å²) < 4.78 is 68.6. The van der Waals surface area contributed by atoms with Crippen molar-refractivity contribution in [3.05, 3.63) is 134 Å². The van der Waals surface area contributed by atoms with Crippen molar-refractivity contribution >= 4 is 39.5 Å². The van der Waals surface area contributed by atoms with Gasteiger partial charge < -0.3 is 33.8 Å². The first-order chi connectivity index (χ1) is 50.7. The maximum atomic E-state index is 13.1. The predicted molar refractivity (Wildman–Crippen MR) is 427 cm³/mol. The molecule has 0 aliphatic rings. The van der Waals surface area contributed by atoms with Crippen LogP contribution < -0.4 is 0 Å². The number of unbranched alkanes of at least 4 members (excludes halogenated alkanes) is 27. The van der Waals surface area contributed by atoms with E-state index in [-0.39, 0.29) is 25.7 Å². The van der Waals surface area contributed by atoms with Crippen LogP contribution in [0.3, 0.4) is 0 Å². The number of carbonyl (C=O) groups excluding carboxylic acids is 4. The van der Waals surface area contributed by atoms with Gasteiger partial charge in [0.15, 0.2) is 12.2 Å². The second-order valence-electron chi connectivity index (χ2n) is 26.6. The number of rotatable bonds is 75. The number of allylic oxidation sites excluding steroid dienone is 22. The van der Waals surface area contributed by atoms with Crippen molar-refractivity contribution in [1.29, 1.82) is 0 Å². The van der Waals surface area contributed by atoms with E-state index in [1.165, 1.54) is 70.6 Å². The lowest BCUT2D eigenvalue weighted by Gasteiger charge is -2.21. The molecule has 0 bridgehead atoms. The molecule has 0 heterocycles. The maximum Gasteiger partial charge on any atom is 0.472 e. The van der Waals surface area contributed by atoms with Crippen LogP contribution in [0.2, 0.25) is 0 Å². The minimum absolute atomic E-state index is 0.0556. The monoisotopic (exact) mass is 1500 g/mol. The molecule has 0 rings (SSSR count). The number of aliphatic hydroxyl groups excluding tert-OH is 1. The molecule has 0 spiro atoms. The van der Waals surface area contributed by atoms with Crippen LogP contribution in [0.25, 0.3) is 0 Å². The maximum absolute atomic E-state index is 13.1. The van der Waals surface area contributed by atoms with E-state index in [2.05, 4.69) is 161 Å². The molecule has 596 valence electrons. The number of phosphoric acid groups is 2. The fourth-order valence-corrected chi connectivity index (χ4v) is 12.1. The van der Waals surface area contributed by atoms with E-state index >= 15 is 0 Å². The largest absolute Gasteiger partial charge is 0.472 e. The summed E-state index contributed by atoms with van der Waals surface area (Å²) >= 11 is 0. The Kier molecular flexibility index (Phi) is 72.9. The zero-order valence-electron chi connectivity index (χ0n) is 65.2. The molecular weight excluding hydrogens is 1350 g/mol. The van der Waals surface area contributed by atoms with E-state index < -0.39 is 97.5 Å². The molecule has 5 atom stereocenters. The van der Waals surface area contributed by atoms with Gasteiger partial charge in [0.1, 0.15) is 19.3 Å². The van der Waals surface area contributed by atoms with Gasteiger partial charge in [0, 0.05) is 25.7 Å². The van der Waals surface area contributed by atoms with Crippen molar-refractivity contribution in [2.24, 2.45) is 0 Å². The van der Waals surface area contributed by atoms with Gasteiger partial charge in [0.25, 0.3) is 0 Å². The fourth-order valence-electron chi connectivity index (χ4n) is 10.5. The Bertz CT molecular complexity index is 2490. The normalized spacial score (nSPS) is 14.6. The van der Waals surface area contributed by atoms with Crippen LogP contribution in [0, 0.1) is 0 Å². The third-order valence-corrected chi connectivity index (χ3v) is 18.5. The molecule has 3 N–H and O–H groups in total. The third kappa shape index (κ3) is 75.4. The van der Waals surface area contributed by atoms with E-state index in [0.29, 0.717) is 25.7 Å². The first-order valence-electron chi connectivity index (χ1n) is 40.4. The highest BCUT2D eigenvalue weighted by molar-refractivity contribution is 7.47. The summed E-state index contributed by atoms with van der Waals surface area (Å²) in [7, 11) is -9.98. The molecular formula is C85H144O17P2. The lowest BCUT2D eigenvalue weighted by Crippen LogP contribution is -2.30. The molecule has 0 aromatic rings. The van der Waals surface area contributed by atoms with Crippen LogP contribution >= 0.6 is 15.6 Å². The molecule has 17 nitrogen and oxygen atoms in total. The highest BCUT2D eigenvalue weighted by Gasteiger charge is 2.30. The van der Waals surface area contributed by atoms with Crippen LogP contribution in [-0.2, 0) is 65.4 Å². The molecule has 0 amide bonds. The number of ether oxygens (including phenoxy) is 4. The number of phosphoric ester groups is 2. The van der Waals surface area contributed by atoms with Crippen LogP contribution in [0.1, 0.15) is 323 Å². The van der Waals surface area contributed by atoms with Gasteiger partial charge in [-0.2, -0.15) is 0 Å². The molecule has 0 radical (unpaired) electrons. The minimum Gasteiger partial charge on any atom is -0.462 e. The van der Waals surface area contributed by atoms with Gasteiger partial charge in [-0.15, -0.1) is 0 Å². The van der Waals surface area contributed by atoms with Gasteiger partial charge in [-0.3, -0.25) is 37.3 Å². The first kappa shape index (κ1) is 99.2. The lowest BCUT2D eigenvalue weighted by molar-refractivity contribution is -0.161. The molecule has 0 aliphatic heterocycles. The van der Waals surface area contributed by atoms with Gasteiger partial charge in [-0.25, -0.2) is 9.13 Å². The third-order valence-electron chi connectivity index (χ3n) is 16.6. The molecule has 0 fully saturated rings. The lowest BCUT2D eigenvalue weighted by atomic mass is 10.0. The molecule has 0 saturated heterocycles. The SMILES string of the molecule is CC/C=C\C/C=C\C/C=C\C/C=C\C/C=C\CCCCCC(=O)OCC(COP(=O)(O)OCC(O)COP(=O)(O)OCC(COC(=O)CCCCCCCCCCCCCCCCC)OC(=O)CCCCCCC/C=C\C/C=C\CCC)OC(=O)CCCCCC/C=C\C/C=C\C/C=C\C/C=C\CC. The van der Waals surface area contributed by atoms with Crippen LogP contribution in [0.4, 0.5) is 0 Å². The summed E-state index contributed by atoms with van der Waals surface area (Å²) in [6.45, 7) is 4.53. The van der Waals surface area contributed by atoms with Crippen LogP contribution in [0.15, 0.2) is 134 Å². The van der Waals surface area contributed by atoms with Gasteiger partial charge in [0.05, 0.1) is 26.4 Å². The first-order valence-corrected chi connectivity index (χ1v) is 43.4. The molecule has 19 heteroatoms. The van der Waals surface area contributed by atoms with E-state index in [4.69, 9.17) is 37.0 Å². The quantitative estimate of drug-likeness (QED) is 0.0169. The van der Waals surface area contributed by atoms with E-state index in [0.717, 1.165) is 173 Å². The number of hydrogen-bond donors (Lipinski definition) is 3. The van der Waals surface area contributed by atoms with Crippen molar-refractivity contribution < 1.29 is 80.2 Å². The second kappa shape index (κ2) is 76.4. The molecule has 5 unspecified atom stereocenters. The average molecular weight is 1500 g/mol. The van der Waals surface area contributed by atoms with Crippen LogP contribution in [-0.4, -0.2) is 96.7 Å². The van der Waals surface area contributed by atoms with Gasteiger partial charge >= 0.3 is 39.5 Å². The smallest absolute Gasteiger partial charge is 0.462 e. The summed E-state index contributed by atoms with van der Waals surface area (Å²) in [6.07, 6.45) is 85.7. The molecule has 104 heavy (non-hydrogen) atoms. The highest BCUT2D eigenvalue weighted by atomic mass is 31.2. The Morgan fingerprint density at radius 1 is 0.279 bits per heavy atom. The average Bonchev–Trinajstić information content (AvgIpc) is 0.911. The summed E-state index contributed by atoms with van der Waals surface area (Å²) in [4.78, 5) is 73.0. The number of carbonyl (C=O) groups is 4. The Hall–Kier alpha value is -4.80. The molecule has 0 saturated carbocycles. The van der Waals surface area contributed by atoms with Crippen molar-refractivity contribution in [2.75, 3.05) is 39.6 Å². The number of esters is 4. The van der Waals surface area contributed by atoms with Gasteiger partial charge in [-0.1, -0.05) is 296 Å². The van der Waals surface area contributed by atoms with Crippen molar-refractivity contribution in [1.82, 2.24) is 0 Å². The summed E-state index contributed by atoms with van der Waals surface area (Å²) in [5.74, 6) is -2.25. The minimum atomic E-state index is -5.00. The van der Waals surface area contributed by atoms with E-state index in [1.54, 1.807) is 0 Å². The van der Waals surface area contributed by atoms with Crippen molar-refractivity contribution in [2.45, 2.75) is 341 Å². The molecule has 0 aromatic heterocycles.